The second kappa shape index (κ2) is 9.26. The van der Waals surface area contributed by atoms with Crippen molar-refractivity contribution in [2.75, 3.05) is 19.6 Å². The summed E-state index contributed by atoms with van der Waals surface area (Å²) >= 11 is 0. The van der Waals surface area contributed by atoms with Crippen LogP contribution in [-0.2, 0) is 11.3 Å². The molecule has 0 fully saturated rings. The van der Waals surface area contributed by atoms with Gasteiger partial charge in [0.1, 0.15) is 0 Å². The second-order valence-corrected chi connectivity index (χ2v) is 7.57. The SMILES string of the molecule is N#CC1=C(c2cccc3ccccc23)CN(C(=O)CNCc2ccc(C#N)cc2)CC1. The number of fused-ring (bicyclic) bond motifs is 1. The van der Waals surface area contributed by atoms with E-state index in [1.807, 2.05) is 41.3 Å². The molecule has 5 nitrogen and oxygen atoms in total. The molecule has 1 aliphatic heterocycles. The number of amides is 1. The van der Waals surface area contributed by atoms with Crippen molar-refractivity contribution in [3.8, 4) is 12.1 Å². The standard InChI is InChI=1S/C26H22N4O/c27-14-19-8-10-20(11-9-19)16-29-17-26(31)30-13-12-22(15-28)25(18-30)24-7-3-5-21-4-1-2-6-23(21)24/h1-11,29H,12-13,16-18H2. The molecular weight excluding hydrogens is 384 g/mol. The maximum absolute atomic E-state index is 12.8. The molecule has 0 aromatic heterocycles. The van der Waals surface area contributed by atoms with E-state index in [2.05, 4.69) is 35.7 Å². The maximum atomic E-state index is 12.8. The Morgan fingerprint density at radius 2 is 1.74 bits per heavy atom. The third kappa shape index (κ3) is 4.48. The van der Waals surface area contributed by atoms with Crippen LogP contribution >= 0.6 is 0 Å². The molecule has 0 spiro atoms. The third-order valence-corrected chi connectivity index (χ3v) is 5.64. The summed E-state index contributed by atoms with van der Waals surface area (Å²) in [6.07, 6.45) is 0.566. The van der Waals surface area contributed by atoms with Crippen molar-refractivity contribution in [2.24, 2.45) is 0 Å². The zero-order valence-electron chi connectivity index (χ0n) is 17.1. The van der Waals surface area contributed by atoms with Crippen LogP contribution in [0.4, 0.5) is 0 Å². The predicted octanol–water partition coefficient (Wildman–Crippen LogP) is 4.01. The highest BCUT2D eigenvalue weighted by molar-refractivity contribution is 5.96. The smallest absolute Gasteiger partial charge is 0.236 e. The Hall–Kier alpha value is -3.93. The number of carbonyl (C=O) groups is 1. The maximum Gasteiger partial charge on any atom is 0.236 e. The van der Waals surface area contributed by atoms with E-state index < -0.39 is 0 Å². The fourth-order valence-corrected chi connectivity index (χ4v) is 3.96. The van der Waals surface area contributed by atoms with Crippen molar-refractivity contribution in [2.45, 2.75) is 13.0 Å². The van der Waals surface area contributed by atoms with Crippen LogP contribution in [0.2, 0.25) is 0 Å². The van der Waals surface area contributed by atoms with Gasteiger partial charge in [0, 0.05) is 31.6 Å². The van der Waals surface area contributed by atoms with Gasteiger partial charge in [0.05, 0.1) is 24.2 Å². The summed E-state index contributed by atoms with van der Waals surface area (Å²) in [7, 11) is 0. The van der Waals surface area contributed by atoms with Crippen molar-refractivity contribution < 1.29 is 4.79 Å². The summed E-state index contributed by atoms with van der Waals surface area (Å²) in [5.41, 5.74) is 4.36. The fraction of sp³-hybridized carbons (Fsp3) is 0.192. The minimum atomic E-state index is 0.0170. The number of nitrogens with one attached hydrogen (secondary N) is 1. The second-order valence-electron chi connectivity index (χ2n) is 7.57. The van der Waals surface area contributed by atoms with Crippen LogP contribution in [0.25, 0.3) is 16.3 Å². The zero-order valence-corrected chi connectivity index (χ0v) is 17.1. The number of nitrogens with zero attached hydrogens (tertiary/aromatic N) is 3. The monoisotopic (exact) mass is 406 g/mol. The minimum Gasteiger partial charge on any atom is -0.337 e. The van der Waals surface area contributed by atoms with E-state index in [0.717, 1.165) is 33.0 Å². The van der Waals surface area contributed by atoms with Crippen LogP contribution in [-0.4, -0.2) is 30.4 Å². The molecule has 1 N–H and O–H groups in total. The molecule has 0 radical (unpaired) electrons. The number of benzene rings is 3. The van der Waals surface area contributed by atoms with Gasteiger partial charge in [-0.25, -0.2) is 0 Å². The van der Waals surface area contributed by atoms with Crippen molar-refractivity contribution in [3.63, 3.8) is 0 Å². The lowest BCUT2D eigenvalue weighted by atomic mass is 9.91. The Kier molecular flexibility index (Phi) is 6.08. The van der Waals surface area contributed by atoms with Crippen LogP contribution in [0.5, 0.6) is 0 Å². The topological polar surface area (TPSA) is 79.9 Å². The van der Waals surface area contributed by atoms with E-state index in [4.69, 9.17) is 5.26 Å². The highest BCUT2D eigenvalue weighted by Gasteiger charge is 2.24. The largest absolute Gasteiger partial charge is 0.337 e. The molecular formula is C26H22N4O. The zero-order chi connectivity index (χ0) is 21.6. The molecule has 31 heavy (non-hydrogen) atoms. The van der Waals surface area contributed by atoms with Crippen LogP contribution in [0.3, 0.4) is 0 Å². The van der Waals surface area contributed by atoms with E-state index >= 15 is 0 Å². The number of rotatable bonds is 5. The first kappa shape index (κ1) is 20.3. The van der Waals surface area contributed by atoms with E-state index in [1.54, 1.807) is 12.1 Å². The average molecular weight is 406 g/mol. The first-order chi connectivity index (χ1) is 15.2. The third-order valence-electron chi connectivity index (χ3n) is 5.64. The lowest BCUT2D eigenvalue weighted by molar-refractivity contribution is -0.129. The van der Waals surface area contributed by atoms with Crippen molar-refractivity contribution in [1.29, 1.82) is 10.5 Å². The first-order valence-corrected chi connectivity index (χ1v) is 10.3. The van der Waals surface area contributed by atoms with Gasteiger partial charge < -0.3 is 10.2 Å². The van der Waals surface area contributed by atoms with Crippen LogP contribution in [0, 0.1) is 22.7 Å². The van der Waals surface area contributed by atoms with Gasteiger partial charge in [-0.15, -0.1) is 0 Å². The summed E-state index contributed by atoms with van der Waals surface area (Å²) in [6, 6.07) is 26.0. The highest BCUT2D eigenvalue weighted by Crippen LogP contribution is 2.31. The van der Waals surface area contributed by atoms with Gasteiger partial charge in [0.25, 0.3) is 0 Å². The van der Waals surface area contributed by atoms with Gasteiger partial charge in [-0.05, 0) is 39.6 Å². The van der Waals surface area contributed by atoms with E-state index in [9.17, 15) is 10.1 Å². The molecule has 0 aliphatic carbocycles. The van der Waals surface area contributed by atoms with Crippen molar-refractivity contribution in [3.05, 3.63) is 89.0 Å². The van der Waals surface area contributed by atoms with Crippen molar-refractivity contribution in [1.82, 2.24) is 10.2 Å². The average Bonchev–Trinajstić information content (AvgIpc) is 2.83. The Morgan fingerprint density at radius 1 is 0.968 bits per heavy atom. The van der Waals surface area contributed by atoms with Gasteiger partial charge in [-0.3, -0.25) is 4.79 Å². The first-order valence-electron chi connectivity index (χ1n) is 10.3. The van der Waals surface area contributed by atoms with Crippen LogP contribution in [0.1, 0.15) is 23.1 Å². The number of hydrogen-bond donors (Lipinski definition) is 1. The Morgan fingerprint density at radius 3 is 2.52 bits per heavy atom. The molecule has 152 valence electrons. The fourth-order valence-electron chi connectivity index (χ4n) is 3.96. The quantitative estimate of drug-likeness (QED) is 0.694. The Labute approximate surface area is 181 Å². The predicted molar refractivity (Wildman–Crippen MR) is 121 cm³/mol. The lowest BCUT2D eigenvalue weighted by Crippen LogP contribution is -2.41. The molecule has 3 aromatic carbocycles. The van der Waals surface area contributed by atoms with E-state index in [1.165, 1.54) is 0 Å². The molecule has 0 atom stereocenters. The summed E-state index contributed by atoms with van der Waals surface area (Å²) in [6.45, 7) is 1.77. The van der Waals surface area contributed by atoms with E-state index in [0.29, 0.717) is 31.6 Å². The molecule has 5 heteroatoms. The molecule has 1 heterocycles. The molecule has 1 amide bonds. The molecule has 0 unspecified atom stereocenters. The Balaban J connectivity index is 1.46. The van der Waals surface area contributed by atoms with Gasteiger partial charge >= 0.3 is 0 Å². The normalized spacial score (nSPS) is 13.7. The van der Waals surface area contributed by atoms with Gasteiger partial charge in [-0.2, -0.15) is 10.5 Å². The van der Waals surface area contributed by atoms with E-state index in [-0.39, 0.29) is 12.5 Å². The molecule has 3 aromatic rings. The van der Waals surface area contributed by atoms with Crippen LogP contribution in [0.15, 0.2) is 72.3 Å². The molecule has 0 saturated heterocycles. The number of carbonyl (C=O) groups excluding carboxylic acids is 1. The highest BCUT2D eigenvalue weighted by atomic mass is 16.2. The van der Waals surface area contributed by atoms with Gasteiger partial charge in [-0.1, -0.05) is 54.6 Å². The molecule has 0 saturated carbocycles. The number of nitriles is 2. The number of hydrogen-bond acceptors (Lipinski definition) is 4. The molecule has 1 aliphatic rings. The van der Waals surface area contributed by atoms with Crippen LogP contribution < -0.4 is 5.32 Å². The minimum absolute atomic E-state index is 0.0170. The summed E-state index contributed by atoms with van der Waals surface area (Å²) < 4.78 is 0. The van der Waals surface area contributed by atoms with Gasteiger partial charge in [0.15, 0.2) is 0 Å². The summed E-state index contributed by atoms with van der Waals surface area (Å²) in [5, 5.41) is 24.0. The van der Waals surface area contributed by atoms with Crippen molar-refractivity contribution >= 4 is 22.3 Å². The Bertz CT molecular complexity index is 1220. The lowest BCUT2D eigenvalue weighted by Gasteiger charge is -2.30. The molecule has 0 bridgehead atoms. The summed E-state index contributed by atoms with van der Waals surface area (Å²) in [5.74, 6) is 0.0170. The summed E-state index contributed by atoms with van der Waals surface area (Å²) in [4.78, 5) is 14.7. The molecule has 4 rings (SSSR count). The van der Waals surface area contributed by atoms with Gasteiger partial charge in [0.2, 0.25) is 5.91 Å².